The van der Waals surface area contributed by atoms with E-state index in [2.05, 4.69) is 0 Å². The average Bonchev–Trinajstić information content (AvgIpc) is 3.01. The molecule has 1 aromatic carbocycles. The molecule has 2 unspecified atom stereocenters. The number of ether oxygens (including phenoxy) is 1. The highest BCUT2D eigenvalue weighted by molar-refractivity contribution is 5.37. The quantitative estimate of drug-likeness (QED) is 0.736. The Morgan fingerprint density at radius 2 is 2.00 bits per heavy atom. The van der Waals surface area contributed by atoms with Gasteiger partial charge in [0.1, 0.15) is 11.9 Å². The number of aliphatic hydroxyl groups is 1. The van der Waals surface area contributed by atoms with Crippen LogP contribution in [0.4, 0.5) is 0 Å². The van der Waals surface area contributed by atoms with Crippen molar-refractivity contribution in [1.82, 2.24) is 0 Å². The normalized spacial score (nSPS) is 30.6. The Kier molecular flexibility index (Phi) is 1.77. The maximum atomic E-state index is 9.93. The number of fused-ring (bicyclic) bond motifs is 1. The van der Waals surface area contributed by atoms with Crippen LogP contribution < -0.4 is 4.74 Å². The zero-order valence-corrected chi connectivity index (χ0v) is 8.02. The Morgan fingerprint density at radius 3 is 2.79 bits per heavy atom. The lowest BCUT2D eigenvalue weighted by molar-refractivity contribution is 0.0551. The van der Waals surface area contributed by atoms with Crippen LogP contribution in [-0.4, -0.2) is 11.2 Å². The molecule has 74 valence electrons. The monoisotopic (exact) mass is 190 g/mol. The molecule has 1 aromatic rings. The summed E-state index contributed by atoms with van der Waals surface area (Å²) >= 11 is 0. The van der Waals surface area contributed by atoms with Crippen LogP contribution in [0.5, 0.6) is 5.75 Å². The minimum Gasteiger partial charge on any atom is -0.490 e. The van der Waals surface area contributed by atoms with Gasteiger partial charge in [-0.2, -0.15) is 0 Å². The molecule has 0 saturated heterocycles. The molecule has 0 amide bonds. The SMILES string of the molecule is OC1CC(C2CC2)Oc2ccccc21. The fourth-order valence-corrected chi connectivity index (χ4v) is 2.18. The van der Waals surface area contributed by atoms with Gasteiger partial charge in [0, 0.05) is 12.0 Å². The Balaban J connectivity index is 1.91. The topological polar surface area (TPSA) is 29.5 Å². The number of hydrogen-bond acceptors (Lipinski definition) is 2. The molecule has 2 aliphatic rings. The summed E-state index contributed by atoms with van der Waals surface area (Å²) in [5.74, 6) is 1.57. The number of benzene rings is 1. The Bertz CT molecular complexity index is 344. The summed E-state index contributed by atoms with van der Waals surface area (Å²) in [6.45, 7) is 0. The highest BCUT2D eigenvalue weighted by Crippen LogP contribution is 2.43. The van der Waals surface area contributed by atoms with E-state index in [-0.39, 0.29) is 12.2 Å². The van der Waals surface area contributed by atoms with Gasteiger partial charge in [0.25, 0.3) is 0 Å². The fourth-order valence-electron chi connectivity index (χ4n) is 2.18. The maximum Gasteiger partial charge on any atom is 0.125 e. The Hall–Kier alpha value is -1.02. The second kappa shape index (κ2) is 2.99. The lowest BCUT2D eigenvalue weighted by Gasteiger charge is -2.29. The Morgan fingerprint density at radius 1 is 1.21 bits per heavy atom. The molecule has 0 radical (unpaired) electrons. The van der Waals surface area contributed by atoms with Gasteiger partial charge in [-0.3, -0.25) is 0 Å². The van der Waals surface area contributed by atoms with Gasteiger partial charge in [0.15, 0.2) is 0 Å². The lowest BCUT2D eigenvalue weighted by atomic mass is 9.97. The van der Waals surface area contributed by atoms with Crippen LogP contribution in [0.25, 0.3) is 0 Å². The lowest BCUT2D eigenvalue weighted by Crippen LogP contribution is -2.27. The molecular formula is C12H14O2. The van der Waals surface area contributed by atoms with E-state index in [9.17, 15) is 5.11 Å². The third kappa shape index (κ3) is 1.30. The van der Waals surface area contributed by atoms with Gasteiger partial charge in [-0.15, -0.1) is 0 Å². The molecule has 1 aliphatic heterocycles. The van der Waals surface area contributed by atoms with E-state index in [1.54, 1.807) is 0 Å². The molecular weight excluding hydrogens is 176 g/mol. The third-order valence-electron chi connectivity index (χ3n) is 3.16. The first kappa shape index (κ1) is 8.30. The molecule has 14 heavy (non-hydrogen) atoms. The van der Waals surface area contributed by atoms with Gasteiger partial charge in [-0.05, 0) is 24.8 Å². The average molecular weight is 190 g/mol. The van der Waals surface area contributed by atoms with Crippen LogP contribution in [0.3, 0.4) is 0 Å². The molecule has 1 N–H and O–H groups in total. The number of aliphatic hydroxyl groups excluding tert-OH is 1. The standard InChI is InChI=1S/C12H14O2/c13-10-7-12(8-5-6-8)14-11-4-2-1-3-9(10)11/h1-4,8,10,12-13H,5-7H2. The van der Waals surface area contributed by atoms with Crippen molar-refractivity contribution in [3.8, 4) is 5.75 Å². The van der Waals surface area contributed by atoms with Gasteiger partial charge in [0.2, 0.25) is 0 Å². The minimum absolute atomic E-state index is 0.250. The summed E-state index contributed by atoms with van der Waals surface area (Å²) in [5, 5.41) is 9.93. The van der Waals surface area contributed by atoms with Crippen LogP contribution in [0.2, 0.25) is 0 Å². The van der Waals surface area contributed by atoms with E-state index < -0.39 is 0 Å². The molecule has 1 saturated carbocycles. The maximum absolute atomic E-state index is 9.93. The van der Waals surface area contributed by atoms with E-state index in [1.807, 2.05) is 24.3 Å². The first-order valence-electron chi connectivity index (χ1n) is 5.28. The zero-order chi connectivity index (χ0) is 9.54. The van der Waals surface area contributed by atoms with Crippen LogP contribution >= 0.6 is 0 Å². The van der Waals surface area contributed by atoms with Gasteiger partial charge in [0.05, 0.1) is 6.10 Å². The Labute approximate surface area is 83.5 Å². The summed E-state index contributed by atoms with van der Waals surface area (Å²) in [6, 6.07) is 7.81. The molecule has 1 aliphatic carbocycles. The van der Waals surface area contributed by atoms with E-state index in [0.717, 1.165) is 17.7 Å². The highest BCUT2D eigenvalue weighted by atomic mass is 16.5. The second-order valence-electron chi connectivity index (χ2n) is 4.28. The van der Waals surface area contributed by atoms with Gasteiger partial charge >= 0.3 is 0 Å². The van der Waals surface area contributed by atoms with Crippen LogP contribution in [0.15, 0.2) is 24.3 Å². The molecule has 0 spiro atoms. The highest BCUT2D eigenvalue weighted by Gasteiger charge is 2.37. The molecule has 3 rings (SSSR count). The molecule has 1 heterocycles. The van der Waals surface area contributed by atoms with Crippen molar-refractivity contribution < 1.29 is 9.84 Å². The smallest absolute Gasteiger partial charge is 0.125 e. The predicted molar refractivity (Wildman–Crippen MR) is 53.2 cm³/mol. The molecule has 2 heteroatoms. The third-order valence-corrected chi connectivity index (χ3v) is 3.16. The molecule has 1 fully saturated rings. The van der Waals surface area contributed by atoms with Crippen LogP contribution in [0, 0.1) is 5.92 Å². The molecule has 2 nitrogen and oxygen atoms in total. The van der Waals surface area contributed by atoms with Crippen LogP contribution in [0.1, 0.15) is 30.9 Å². The van der Waals surface area contributed by atoms with Gasteiger partial charge < -0.3 is 9.84 Å². The van der Waals surface area contributed by atoms with Gasteiger partial charge in [-0.25, -0.2) is 0 Å². The molecule has 0 bridgehead atoms. The summed E-state index contributed by atoms with van der Waals surface area (Å²) in [4.78, 5) is 0. The van der Waals surface area contributed by atoms with Gasteiger partial charge in [-0.1, -0.05) is 18.2 Å². The van der Waals surface area contributed by atoms with E-state index >= 15 is 0 Å². The largest absolute Gasteiger partial charge is 0.490 e. The van der Waals surface area contributed by atoms with Crippen molar-refractivity contribution in [2.75, 3.05) is 0 Å². The first-order valence-corrected chi connectivity index (χ1v) is 5.28. The summed E-state index contributed by atoms with van der Waals surface area (Å²) < 4.78 is 5.87. The number of rotatable bonds is 1. The fraction of sp³-hybridized carbons (Fsp3) is 0.500. The summed E-state index contributed by atoms with van der Waals surface area (Å²) in [6.07, 6.45) is 3.21. The predicted octanol–water partition coefficient (Wildman–Crippen LogP) is 2.28. The van der Waals surface area contributed by atoms with Crippen molar-refractivity contribution in [3.63, 3.8) is 0 Å². The number of hydrogen-bond donors (Lipinski definition) is 1. The van der Waals surface area contributed by atoms with Crippen molar-refractivity contribution in [2.45, 2.75) is 31.5 Å². The van der Waals surface area contributed by atoms with E-state index in [4.69, 9.17) is 4.74 Å². The summed E-state index contributed by atoms with van der Waals surface area (Å²) in [7, 11) is 0. The van der Waals surface area contributed by atoms with E-state index in [1.165, 1.54) is 12.8 Å². The van der Waals surface area contributed by atoms with E-state index in [0.29, 0.717) is 5.92 Å². The van der Waals surface area contributed by atoms with Crippen molar-refractivity contribution >= 4 is 0 Å². The molecule has 2 atom stereocenters. The van der Waals surface area contributed by atoms with Crippen molar-refractivity contribution in [1.29, 1.82) is 0 Å². The minimum atomic E-state index is -0.328. The first-order chi connectivity index (χ1) is 6.84. The second-order valence-corrected chi connectivity index (χ2v) is 4.28. The number of para-hydroxylation sites is 1. The molecule has 0 aromatic heterocycles. The summed E-state index contributed by atoms with van der Waals surface area (Å²) in [5.41, 5.74) is 0.949. The van der Waals surface area contributed by atoms with Crippen molar-refractivity contribution in [3.05, 3.63) is 29.8 Å². The van der Waals surface area contributed by atoms with Crippen LogP contribution in [-0.2, 0) is 0 Å². The van der Waals surface area contributed by atoms with Crippen molar-refractivity contribution in [2.24, 2.45) is 5.92 Å². The zero-order valence-electron chi connectivity index (χ0n) is 8.02.